The standard InChI is InChI=1S/C17H17NO4/c1-18(14-10-6-4-8-12(14)16(19)21-2)15-11-7-5-9-13(15)17(20)22-3/h4-11H,1-3H3. The third kappa shape index (κ3) is 2.93. The summed E-state index contributed by atoms with van der Waals surface area (Å²) < 4.78 is 9.61. The van der Waals surface area contributed by atoms with Gasteiger partial charge in [0, 0.05) is 7.05 Å². The van der Waals surface area contributed by atoms with Gasteiger partial charge < -0.3 is 14.4 Å². The predicted molar refractivity (Wildman–Crippen MR) is 83.6 cm³/mol. The normalized spacial score (nSPS) is 9.95. The van der Waals surface area contributed by atoms with Crippen LogP contribution >= 0.6 is 0 Å². The summed E-state index contributed by atoms with van der Waals surface area (Å²) in [6.07, 6.45) is 0. The van der Waals surface area contributed by atoms with E-state index in [0.717, 1.165) is 0 Å². The third-order valence-electron chi connectivity index (χ3n) is 3.34. The van der Waals surface area contributed by atoms with Crippen LogP contribution in [0.2, 0.25) is 0 Å². The maximum absolute atomic E-state index is 11.9. The maximum Gasteiger partial charge on any atom is 0.339 e. The number of ether oxygens (including phenoxy) is 2. The molecule has 0 heterocycles. The highest BCUT2D eigenvalue weighted by atomic mass is 16.5. The van der Waals surface area contributed by atoms with Gasteiger partial charge in [-0.05, 0) is 24.3 Å². The van der Waals surface area contributed by atoms with Gasteiger partial charge in [-0.3, -0.25) is 0 Å². The van der Waals surface area contributed by atoms with Crippen LogP contribution in [0.3, 0.4) is 0 Å². The molecule has 114 valence electrons. The molecule has 0 N–H and O–H groups in total. The molecule has 0 aliphatic carbocycles. The van der Waals surface area contributed by atoms with Crippen molar-refractivity contribution in [1.82, 2.24) is 0 Å². The van der Waals surface area contributed by atoms with E-state index >= 15 is 0 Å². The Bertz CT molecular complexity index is 637. The Morgan fingerprint density at radius 2 is 1.14 bits per heavy atom. The number of carbonyl (C=O) groups is 2. The minimum atomic E-state index is -0.432. The smallest absolute Gasteiger partial charge is 0.339 e. The van der Waals surface area contributed by atoms with Crippen LogP contribution in [0.25, 0.3) is 0 Å². The lowest BCUT2D eigenvalue weighted by Gasteiger charge is -2.23. The summed E-state index contributed by atoms with van der Waals surface area (Å²) in [7, 11) is 4.45. The van der Waals surface area contributed by atoms with Crippen molar-refractivity contribution in [2.75, 3.05) is 26.2 Å². The van der Waals surface area contributed by atoms with Gasteiger partial charge in [0.15, 0.2) is 0 Å². The van der Waals surface area contributed by atoms with Gasteiger partial charge >= 0.3 is 11.9 Å². The van der Waals surface area contributed by atoms with E-state index in [9.17, 15) is 9.59 Å². The van der Waals surface area contributed by atoms with Crippen LogP contribution in [0.15, 0.2) is 48.5 Å². The molecule has 0 radical (unpaired) electrons. The second kappa shape index (κ2) is 6.76. The number of anilines is 2. The molecular formula is C17H17NO4. The summed E-state index contributed by atoms with van der Waals surface area (Å²) in [6, 6.07) is 14.1. The monoisotopic (exact) mass is 299 g/mol. The van der Waals surface area contributed by atoms with E-state index in [2.05, 4.69) is 0 Å². The third-order valence-corrected chi connectivity index (χ3v) is 3.34. The maximum atomic E-state index is 11.9. The average molecular weight is 299 g/mol. The van der Waals surface area contributed by atoms with Crippen LogP contribution in [-0.2, 0) is 9.47 Å². The van der Waals surface area contributed by atoms with Crippen LogP contribution in [0, 0.1) is 0 Å². The Morgan fingerprint density at radius 1 is 0.773 bits per heavy atom. The van der Waals surface area contributed by atoms with E-state index < -0.39 is 11.9 Å². The van der Waals surface area contributed by atoms with Gasteiger partial charge in [0.1, 0.15) is 0 Å². The topological polar surface area (TPSA) is 55.8 Å². The Hall–Kier alpha value is -2.82. The van der Waals surface area contributed by atoms with Crippen LogP contribution < -0.4 is 4.90 Å². The van der Waals surface area contributed by atoms with Crippen molar-refractivity contribution in [3.8, 4) is 0 Å². The van der Waals surface area contributed by atoms with Crippen molar-refractivity contribution >= 4 is 23.3 Å². The lowest BCUT2D eigenvalue weighted by atomic mass is 10.1. The zero-order valence-electron chi connectivity index (χ0n) is 12.7. The Morgan fingerprint density at radius 3 is 1.50 bits per heavy atom. The molecule has 0 atom stereocenters. The number of esters is 2. The quantitative estimate of drug-likeness (QED) is 0.812. The molecule has 0 bridgehead atoms. The second-order valence-electron chi connectivity index (χ2n) is 4.58. The van der Waals surface area contributed by atoms with Gasteiger partial charge in [0.05, 0.1) is 36.7 Å². The fourth-order valence-electron chi connectivity index (χ4n) is 2.23. The van der Waals surface area contributed by atoms with Crippen molar-refractivity contribution in [2.45, 2.75) is 0 Å². The zero-order valence-corrected chi connectivity index (χ0v) is 12.7. The van der Waals surface area contributed by atoms with Crippen LogP contribution in [0.5, 0.6) is 0 Å². The lowest BCUT2D eigenvalue weighted by Crippen LogP contribution is -2.18. The van der Waals surface area contributed by atoms with E-state index in [0.29, 0.717) is 22.5 Å². The fraction of sp³-hybridized carbons (Fsp3) is 0.176. The molecule has 0 aliphatic heterocycles. The first-order chi connectivity index (χ1) is 10.6. The minimum Gasteiger partial charge on any atom is -0.465 e. The molecule has 2 aromatic rings. The first kappa shape index (κ1) is 15.6. The summed E-state index contributed by atoms with van der Waals surface area (Å²) in [5, 5.41) is 0. The summed E-state index contributed by atoms with van der Waals surface area (Å²) >= 11 is 0. The number of benzene rings is 2. The average Bonchev–Trinajstić information content (AvgIpc) is 2.59. The minimum absolute atomic E-state index is 0.423. The van der Waals surface area contributed by atoms with Gasteiger partial charge in [0.2, 0.25) is 0 Å². The van der Waals surface area contributed by atoms with Crippen LogP contribution in [0.4, 0.5) is 11.4 Å². The first-order valence-corrected chi connectivity index (χ1v) is 6.68. The number of rotatable bonds is 4. The molecule has 2 rings (SSSR count). The SMILES string of the molecule is COC(=O)c1ccccc1N(C)c1ccccc1C(=O)OC. The van der Waals surface area contributed by atoms with E-state index in [-0.39, 0.29) is 0 Å². The predicted octanol–water partition coefficient (Wildman–Crippen LogP) is 3.03. The first-order valence-electron chi connectivity index (χ1n) is 6.68. The highest BCUT2D eigenvalue weighted by Gasteiger charge is 2.19. The van der Waals surface area contributed by atoms with E-state index in [1.54, 1.807) is 48.3 Å². The van der Waals surface area contributed by atoms with Gasteiger partial charge in [-0.25, -0.2) is 9.59 Å². The van der Waals surface area contributed by atoms with Gasteiger partial charge in [-0.2, -0.15) is 0 Å². The number of carbonyl (C=O) groups excluding carboxylic acids is 2. The van der Waals surface area contributed by atoms with Gasteiger partial charge in [-0.15, -0.1) is 0 Å². The molecule has 0 aliphatic rings. The largest absolute Gasteiger partial charge is 0.465 e. The van der Waals surface area contributed by atoms with E-state index in [1.807, 2.05) is 12.1 Å². The van der Waals surface area contributed by atoms with Gasteiger partial charge in [0.25, 0.3) is 0 Å². The molecule has 5 heteroatoms. The van der Waals surface area contributed by atoms with Crippen molar-refractivity contribution in [2.24, 2.45) is 0 Å². The number of methoxy groups -OCH3 is 2. The Balaban J connectivity index is 2.52. The van der Waals surface area contributed by atoms with Crippen LogP contribution in [-0.4, -0.2) is 33.2 Å². The molecule has 22 heavy (non-hydrogen) atoms. The van der Waals surface area contributed by atoms with Gasteiger partial charge in [-0.1, -0.05) is 24.3 Å². The summed E-state index contributed by atoms with van der Waals surface area (Å²) in [4.78, 5) is 25.6. The zero-order chi connectivity index (χ0) is 16.1. The highest BCUT2D eigenvalue weighted by Crippen LogP contribution is 2.30. The van der Waals surface area contributed by atoms with Crippen molar-refractivity contribution in [1.29, 1.82) is 0 Å². The summed E-state index contributed by atoms with van der Waals surface area (Å²) in [5.74, 6) is -0.865. The molecule has 0 unspecified atom stereocenters. The van der Waals surface area contributed by atoms with Crippen LogP contribution in [0.1, 0.15) is 20.7 Å². The molecule has 0 aromatic heterocycles. The molecular weight excluding hydrogens is 282 g/mol. The Labute approximate surface area is 129 Å². The second-order valence-corrected chi connectivity index (χ2v) is 4.58. The number of nitrogens with zero attached hydrogens (tertiary/aromatic N) is 1. The van der Waals surface area contributed by atoms with Crippen molar-refractivity contribution in [3.05, 3.63) is 59.7 Å². The molecule has 2 aromatic carbocycles. The summed E-state index contributed by atoms with van der Waals surface area (Å²) in [5.41, 5.74) is 2.13. The fourth-order valence-corrected chi connectivity index (χ4v) is 2.23. The molecule has 0 amide bonds. The van der Waals surface area contributed by atoms with Crippen molar-refractivity contribution in [3.63, 3.8) is 0 Å². The molecule has 5 nitrogen and oxygen atoms in total. The molecule has 0 fully saturated rings. The Kier molecular flexibility index (Phi) is 4.78. The number of hydrogen-bond acceptors (Lipinski definition) is 5. The van der Waals surface area contributed by atoms with E-state index in [1.165, 1.54) is 14.2 Å². The molecule has 0 spiro atoms. The number of hydrogen-bond donors (Lipinski definition) is 0. The number of para-hydroxylation sites is 2. The van der Waals surface area contributed by atoms with Crippen molar-refractivity contribution < 1.29 is 19.1 Å². The molecule has 0 saturated heterocycles. The van der Waals surface area contributed by atoms with E-state index in [4.69, 9.17) is 9.47 Å². The highest BCUT2D eigenvalue weighted by molar-refractivity contribution is 6.00. The summed E-state index contributed by atoms with van der Waals surface area (Å²) in [6.45, 7) is 0. The molecule has 0 saturated carbocycles. The lowest BCUT2D eigenvalue weighted by molar-refractivity contribution is 0.0594.